The minimum Gasteiger partial charge on any atom is -0.449 e. The van der Waals surface area contributed by atoms with E-state index in [1.807, 2.05) is 6.92 Å². The summed E-state index contributed by atoms with van der Waals surface area (Å²) < 4.78 is 4.72. The van der Waals surface area contributed by atoms with Gasteiger partial charge in [-0.15, -0.1) is 0 Å². The van der Waals surface area contributed by atoms with Crippen LogP contribution < -0.4 is 0 Å². The fourth-order valence-electron chi connectivity index (χ4n) is 2.00. The number of hydrogen-bond donors (Lipinski definition) is 0. The van der Waals surface area contributed by atoms with E-state index in [1.54, 1.807) is 25.1 Å². The number of ether oxygens (including phenoxy) is 1. The van der Waals surface area contributed by atoms with E-state index >= 15 is 0 Å². The molecule has 0 N–H and O–H groups in total. The van der Waals surface area contributed by atoms with E-state index in [0.29, 0.717) is 16.9 Å². The molecule has 1 heterocycles. The summed E-state index contributed by atoms with van der Waals surface area (Å²) in [4.78, 5) is 36.3. The number of hydrogen-bond acceptors (Lipinski definition) is 4. The second-order valence-corrected chi connectivity index (χ2v) is 3.84. The monoisotopic (exact) mass is 247 g/mol. The van der Waals surface area contributed by atoms with Crippen LogP contribution in [-0.2, 0) is 11.2 Å². The summed E-state index contributed by atoms with van der Waals surface area (Å²) in [5.74, 6) is -1.20. The van der Waals surface area contributed by atoms with Crippen LogP contribution in [0.25, 0.3) is 0 Å². The molecule has 5 heteroatoms. The molecule has 3 amide bonds. The van der Waals surface area contributed by atoms with Crippen molar-refractivity contribution in [3.8, 4) is 0 Å². The highest BCUT2D eigenvalue weighted by Crippen LogP contribution is 2.26. The Hall–Kier alpha value is -2.17. The normalized spacial score (nSPS) is 13.8. The summed E-state index contributed by atoms with van der Waals surface area (Å²) in [6.07, 6.45) is -0.287. The molecule has 0 fully saturated rings. The first-order chi connectivity index (χ1) is 8.61. The summed E-state index contributed by atoms with van der Waals surface area (Å²) >= 11 is 0. The number of nitrogens with zero attached hydrogens (tertiary/aromatic N) is 1. The summed E-state index contributed by atoms with van der Waals surface area (Å²) in [7, 11) is 0. The van der Waals surface area contributed by atoms with Gasteiger partial charge in [0.25, 0.3) is 11.8 Å². The van der Waals surface area contributed by atoms with Gasteiger partial charge in [-0.3, -0.25) is 9.59 Å². The third kappa shape index (κ3) is 1.68. The van der Waals surface area contributed by atoms with Gasteiger partial charge < -0.3 is 4.74 Å². The van der Waals surface area contributed by atoms with Crippen molar-refractivity contribution in [2.75, 3.05) is 6.61 Å². The molecule has 1 aromatic rings. The first-order valence-corrected chi connectivity index (χ1v) is 5.79. The highest BCUT2D eigenvalue weighted by Gasteiger charge is 2.41. The lowest BCUT2D eigenvalue weighted by Gasteiger charge is -2.10. The van der Waals surface area contributed by atoms with Gasteiger partial charge in [0.05, 0.1) is 17.7 Å². The van der Waals surface area contributed by atoms with Crippen molar-refractivity contribution < 1.29 is 19.1 Å². The van der Waals surface area contributed by atoms with Crippen LogP contribution in [0, 0.1) is 0 Å². The highest BCUT2D eigenvalue weighted by atomic mass is 16.6. The Morgan fingerprint density at radius 3 is 2.56 bits per heavy atom. The van der Waals surface area contributed by atoms with E-state index in [-0.39, 0.29) is 12.2 Å². The van der Waals surface area contributed by atoms with Gasteiger partial charge in [-0.1, -0.05) is 19.1 Å². The van der Waals surface area contributed by atoms with Crippen LogP contribution in [0.2, 0.25) is 0 Å². The van der Waals surface area contributed by atoms with Crippen molar-refractivity contribution in [2.24, 2.45) is 0 Å². The van der Waals surface area contributed by atoms with Gasteiger partial charge in [-0.25, -0.2) is 4.79 Å². The number of imide groups is 3. The van der Waals surface area contributed by atoms with Crippen molar-refractivity contribution in [2.45, 2.75) is 20.3 Å². The second kappa shape index (κ2) is 4.60. The SMILES string of the molecule is CCOC(=O)N1C(=O)c2cccc(CC)c2C1=O. The van der Waals surface area contributed by atoms with Gasteiger partial charge >= 0.3 is 6.09 Å². The lowest BCUT2D eigenvalue weighted by atomic mass is 10.0. The number of fused-ring (bicyclic) bond motifs is 1. The van der Waals surface area contributed by atoms with Gasteiger partial charge in [0.2, 0.25) is 0 Å². The molecular formula is C13H13NO4. The van der Waals surface area contributed by atoms with E-state index in [0.717, 1.165) is 5.56 Å². The quantitative estimate of drug-likeness (QED) is 0.750. The average Bonchev–Trinajstić information content (AvgIpc) is 2.62. The van der Waals surface area contributed by atoms with Gasteiger partial charge in [-0.05, 0) is 25.0 Å². The predicted molar refractivity (Wildman–Crippen MR) is 63.3 cm³/mol. The van der Waals surface area contributed by atoms with E-state index in [1.165, 1.54) is 0 Å². The van der Waals surface area contributed by atoms with Crippen LogP contribution in [0.15, 0.2) is 18.2 Å². The fraction of sp³-hybridized carbons (Fsp3) is 0.308. The number of aryl methyl sites for hydroxylation is 1. The molecule has 1 aromatic carbocycles. The summed E-state index contributed by atoms with van der Waals surface area (Å²) in [6.45, 7) is 3.63. The first kappa shape index (κ1) is 12.3. The van der Waals surface area contributed by atoms with E-state index < -0.39 is 17.9 Å². The van der Waals surface area contributed by atoms with Crippen LogP contribution in [-0.4, -0.2) is 29.4 Å². The van der Waals surface area contributed by atoms with Crippen LogP contribution in [0.1, 0.15) is 40.1 Å². The summed E-state index contributed by atoms with van der Waals surface area (Å²) in [6, 6.07) is 5.03. The molecule has 0 radical (unpaired) electrons. The minimum absolute atomic E-state index is 0.118. The highest BCUT2D eigenvalue weighted by molar-refractivity contribution is 6.28. The van der Waals surface area contributed by atoms with Crippen LogP contribution in [0.3, 0.4) is 0 Å². The molecular weight excluding hydrogens is 234 g/mol. The van der Waals surface area contributed by atoms with E-state index in [2.05, 4.69) is 0 Å². The molecule has 94 valence electrons. The first-order valence-electron chi connectivity index (χ1n) is 5.79. The lowest BCUT2D eigenvalue weighted by Crippen LogP contribution is -2.36. The van der Waals surface area contributed by atoms with Crippen molar-refractivity contribution in [3.63, 3.8) is 0 Å². The zero-order chi connectivity index (χ0) is 13.3. The van der Waals surface area contributed by atoms with Gasteiger partial charge in [0.15, 0.2) is 0 Å². The summed E-state index contributed by atoms with van der Waals surface area (Å²) in [5, 5.41) is 0. The van der Waals surface area contributed by atoms with E-state index in [4.69, 9.17) is 4.74 Å². The molecule has 0 saturated carbocycles. The molecule has 2 rings (SSSR count). The number of carbonyl (C=O) groups excluding carboxylic acids is 3. The molecule has 1 aliphatic rings. The fourth-order valence-corrected chi connectivity index (χ4v) is 2.00. The van der Waals surface area contributed by atoms with Crippen molar-refractivity contribution in [1.82, 2.24) is 4.90 Å². The largest absolute Gasteiger partial charge is 0.449 e. The summed E-state index contributed by atoms with van der Waals surface area (Å²) in [5.41, 5.74) is 1.35. The Bertz CT molecular complexity index is 536. The van der Waals surface area contributed by atoms with Gasteiger partial charge in [0.1, 0.15) is 0 Å². The maximum atomic E-state index is 12.1. The van der Waals surface area contributed by atoms with Crippen LogP contribution in [0.4, 0.5) is 4.79 Å². The number of carbonyl (C=O) groups is 3. The zero-order valence-electron chi connectivity index (χ0n) is 10.2. The molecule has 0 unspecified atom stereocenters. The molecule has 0 spiro atoms. The number of amides is 3. The number of benzene rings is 1. The molecule has 0 aliphatic carbocycles. The molecule has 0 bridgehead atoms. The zero-order valence-corrected chi connectivity index (χ0v) is 10.2. The maximum Gasteiger partial charge on any atom is 0.424 e. The van der Waals surface area contributed by atoms with Crippen LogP contribution >= 0.6 is 0 Å². The molecule has 0 saturated heterocycles. The van der Waals surface area contributed by atoms with Crippen molar-refractivity contribution in [1.29, 1.82) is 0 Å². The maximum absolute atomic E-state index is 12.1. The third-order valence-electron chi connectivity index (χ3n) is 2.83. The minimum atomic E-state index is -0.911. The smallest absolute Gasteiger partial charge is 0.424 e. The lowest BCUT2D eigenvalue weighted by molar-refractivity contribution is 0.0596. The van der Waals surface area contributed by atoms with Crippen molar-refractivity contribution in [3.05, 3.63) is 34.9 Å². The molecule has 1 aliphatic heterocycles. The van der Waals surface area contributed by atoms with Crippen molar-refractivity contribution >= 4 is 17.9 Å². The molecule has 5 nitrogen and oxygen atoms in total. The Morgan fingerprint density at radius 1 is 1.22 bits per heavy atom. The molecule has 18 heavy (non-hydrogen) atoms. The van der Waals surface area contributed by atoms with E-state index in [9.17, 15) is 14.4 Å². The standard InChI is InChI=1S/C13H13NO4/c1-3-8-6-5-7-9-10(8)12(16)14(11(9)15)13(17)18-4-2/h5-7H,3-4H2,1-2H3. The Kier molecular flexibility index (Phi) is 3.14. The van der Waals surface area contributed by atoms with Gasteiger partial charge in [0, 0.05) is 0 Å². The Balaban J connectivity index is 2.47. The second-order valence-electron chi connectivity index (χ2n) is 3.84. The van der Waals surface area contributed by atoms with Crippen LogP contribution in [0.5, 0.6) is 0 Å². The number of rotatable bonds is 2. The molecule has 0 atom stereocenters. The predicted octanol–water partition coefficient (Wildman–Crippen LogP) is 2.00. The Labute approximate surface area is 104 Å². The third-order valence-corrected chi connectivity index (χ3v) is 2.83. The Morgan fingerprint density at radius 2 is 1.94 bits per heavy atom. The molecule has 0 aromatic heterocycles. The van der Waals surface area contributed by atoms with Gasteiger partial charge in [-0.2, -0.15) is 4.90 Å². The average molecular weight is 247 g/mol. The topological polar surface area (TPSA) is 63.7 Å².